The summed E-state index contributed by atoms with van der Waals surface area (Å²) in [5.74, 6) is -2.38. The number of nitrogens with one attached hydrogen (secondary N) is 1. The van der Waals surface area contributed by atoms with Gasteiger partial charge in [-0.05, 0) is 25.3 Å². The maximum Gasteiger partial charge on any atom is 0.397 e. The van der Waals surface area contributed by atoms with Crippen LogP contribution in [0.25, 0.3) is 0 Å². The van der Waals surface area contributed by atoms with Crippen LogP contribution in [0.2, 0.25) is 0 Å². The number of hydrogen-bond acceptors (Lipinski definition) is 4. The Morgan fingerprint density at radius 2 is 2.00 bits per heavy atom. The van der Waals surface area contributed by atoms with Crippen molar-refractivity contribution in [2.45, 2.75) is 70.0 Å². The maximum atomic E-state index is 12.3. The van der Waals surface area contributed by atoms with E-state index in [9.17, 15) is 22.8 Å². The summed E-state index contributed by atoms with van der Waals surface area (Å²) >= 11 is 0. The van der Waals surface area contributed by atoms with Gasteiger partial charge in [-0.15, -0.1) is 0 Å². The van der Waals surface area contributed by atoms with E-state index in [0.29, 0.717) is 12.8 Å². The van der Waals surface area contributed by atoms with E-state index >= 15 is 0 Å². The second-order valence-electron chi connectivity index (χ2n) is 5.79. The van der Waals surface area contributed by atoms with Crippen molar-refractivity contribution in [3.8, 4) is 0 Å². The van der Waals surface area contributed by atoms with Crippen LogP contribution >= 0.6 is 0 Å². The van der Waals surface area contributed by atoms with Crippen molar-refractivity contribution in [1.82, 2.24) is 5.32 Å². The first kappa shape index (κ1) is 20.4. The van der Waals surface area contributed by atoms with Crippen LogP contribution in [0.3, 0.4) is 0 Å². The molecule has 0 radical (unpaired) electrons. The lowest BCUT2D eigenvalue weighted by atomic mass is 9.88. The van der Waals surface area contributed by atoms with Gasteiger partial charge in [-0.25, -0.2) is 4.79 Å². The van der Waals surface area contributed by atoms with Crippen molar-refractivity contribution in [1.29, 1.82) is 0 Å². The van der Waals surface area contributed by atoms with Crippen molar-refractivity contribution in [2.75, 3.05) is 0 Å². The molecule has 1 aliphatic rings. The molecule has 6 nitrogen and oxygen atoms in total. The van der Waals surface area contributed by atoms with Gasteiger partial charge in [0.25, 0.3) is 0 Å². The molecule has 0 heterocycles. The second kappa shape index (κ2) is 8.48. The van der Waals surface area contributed by atoms with Crippen LogP contribution in [-0.2, 0) is 14.3 Å². The average Bonchev–Trinajstić information content (AvgIpc) is 2.45. The van der Waals surface area contributed by atoms with E-state index in [-0.39, 0.29) is 18.1 Å². The summed E-state index contributed by atoms with van der Waals surface area (Å²) in [5.41, 5.74) is 5.92. The molecule has 0 saturated heterocycles. The molecule has 0 aliphatic heterocycles. The molecule has 0 bridgehead atoms. The van der Waals surface area contributed by atoms with Crippen molar-refractivity contribution in [3.05, 3.63) is 11.6 Å². The number of nitrogens with two attached hydrogens (primary N) is 1. The van der Waals surface area contributed by atoms with Gasteiger partial charge in [0.2, 0.25) is 5.91 Å². The molecular weight excluding hydrogens is 329 g/mol. The number of aliphatic carboxylic acids is 1. The number of carboxylic acids is 1. The molecule has 1 amide bonds. The molecule has 1 rings (SSSR count). The molecule has 0 aromatic rings. The van der Waals surface area contributed by atoms with Crippen LogP contribution in [0, 0.1) is 0 Å². The normalized spacial score (nSPS) is 24.6. The lowest BCUT2D eigenvalue weighted by Gasteiger charge is -2.36. The van der Waals surface area contributed by atoms with Crippen LogP contribution in [0.5, 0.6) is 0 Å². The number of alkyl halides is 3. The summed E-state index contributed by atoms with van der Waals surface area (Å²) in [6, 6.07) is -1.76. The number of halogens is 3. The molecule has 0 spiro atoms. The van der Waals surface area contributed by atoms with Crippen molar-refractivity contribution in [3.63, 3.8) is 0 Å². The van der Waals surface area contributed by atoms with Gasteiger partial charge in [0.1, 0.15) is 6.42 Å². The monoisotopic (exact) mass is 352 g/mol. The third-order valence-electron chi connectivity index (χ3n) is 3.86. The minimum Gasteiger partial charge on any atom is -0.478 e. The van der Waals surface area contributed by atoms with Crippen molar-refractivity contribution >= 4 is 11.9 Å². The quantitative estimate of drug-likeness (QED) is 0.648. The summed E-state index contributed by atoms with van der Waals surface area (Å²) < 4.78 is 42.8. The number of ether oxygens (including phenoxy) is 1. The Morgan fingerprint density at radius 1 is 1.42 bits per heavy atom. The predicted molar refractivity (Wildman–Crippen MR) is 80.2 cm³/mol. The van der Waals surface area contributed by atoms with E-state index < -0.39 is 42.7 Å². The van der Waals surface area contributed by atoms with E-state index in [1.54, 1.807) is 0 Å². The predicted octanol–water partition coefficient (Wildman–Crippen LogP) is 1.74. The second-order valence-corrected chi connectivity index (χ2v) is 5.79. The SMILES string of the molecule is CCC(CC)OC1C=C(C(=O)O)CC(N)C1NC(=O)CC(F)(F)F. The first-order chi connectivity index (χ1) is 11.1. The highest BCUT2D eigenvalue weighted by Gasteiger charge is 2.38. The summed E-state index contributed by atoms with van der Waals surface area (Å²) in [6.07, 6.45) is -4.81. The molecule has 3 unspecified atom stereocenters. The summed E-state index contributed by atoms with van der Waals surface area (Å²) in [5, 5.41) is 11.4. The number of carbonyl (C=O) groups is 2. The minimum absolute atomic E-state index is 0.0276. The topological polar surface area (TPSA) is 102 Å². The fraction of sp³-hybridized carbons (Fsp3) is 0.733. The van der Waals surface area contributed by atoms with Gasteiger partial charge in [-0.3, -0.25) is 4.79 Å². The van der Waals surface area contributed by atoms with Crippen LogP contribution in [-0.4, -0.2) is 47.5 Å². The number of rotatable bonds is 7. The molecule has 0 fully saturated rings. The van der Waals surface area contributed by atoms with Gasteiger partial charge in [0, 0.05) is 11.6 Å². The minimum atomic E-state index is -4.63. The van der Waals surface area contributed by atoms with Crippen LogP contribution < -0.4 is 11.1 Å². The van der Waals surface area contributed by atoms with Crippen molar-refractivity contribution < 1.29 is 32.6 Å². The Kier molecular flexibility index (Phi) is 7.22. The first-order valence-corrected chi connectivity index (χ1v) is 7.78. The Balaban J connectivity index is 2.96. The number of carbonyl (C=O) groups excluding carboxylic acids is 1. The molecule has 0 saturated carbocycles. The molecule has 24 heavy (non-hydrogen) atoms. The Hall–Kier alpha value is -1.61. The Bertz CT molecular complexity index is 490. The highest BCUT2D eigenvalue weighted by Crippen LogP contribution is 2.24. The lowest BCUT2D eigenvalue weighted by Crippen LogP contribution is -2.57. The van der Waals surface area contributed by atoms with Gasteiger partial charge in [0.15, 0.2) is 0 Å². The third kappa shape index (κ3) is 6.12. The zero-order valence-corrected chi connectivity index (χ0v) is 13.6. The zero-order chi connectivity index (χ0) is 18.5. The lowest BCUT2D eigenvalue weighted by molar-refractivity contribution is -0.155. The molecule has 4 N–H and O–H groups in total. The average molecular weight is 352 g/mol. The van der Waals surface area contributed by atoms with E-state index in [2.05, 4.69) is 5.32 Å². The van der Waals surface area contributed by atoms with Crippen LogP contribution in [0.1, 0.15) is 39.5 Å². The Labute approximate surface area is 138 Å². The number of hydrogen-bond donors (Lipinski definition) is 3. The van der Waals surface area contributed by atoms with Gasteiger partial charge >= 0.3 is 12.1 Å². The smallest absolute Gasteiger partial charge is 0.397 e. The highest BCUT2D eigenvalue weighted by molar-refractivity contribution is 5.87. The van der Waals surface area contributed by atoms with Gasteiger partial charge in [0.05, 0.1) is 18.2 Å². The van der Waals surface area contributed by atoms with Gasteiger partial charge in [-0.1, -0.05) is 13.8 Å². The third-order valence-corrected chi connectivity index (χ3v) is 3.86. The molecule has 0 aromatic heterocycles. The van der Waals surface area contributed by atoms with Gasteiger partial charge in [-0.2, -0.15) is 13.2 Å². The fourth-order valence-corrected chi connectivity index (χ4v) is 2.59. The fourth-order valence-electron chi connectivity index (χ4n) is 2.59. The maximum absolute atomic E-state index is 12.3. The van der Waals surface area contributed by atoms with E-state index in [1.165, 1.54) is 6.08 Å². The standard InChI is InChI=1S/C15H23F3N2O4/c1-3-9(4-2)24-11-6-8(14(22)23)5-10(19)13(11)20-12(21)7-15(16,17)18/h6,9-11,13H,3-5,7,19H2,1-2H3,(H,20,21)(H,22,23). The largest absolute Gasteiger partial charge is 0.478 e. The summed E-state index contributed by atoms with van der Waals surface area (Å²) in [6.45, 7) is 3.74. The first-order valence-electron chi connectivity index (χ1n) is 7.78. The highest BCUT2D eigenvalue weighted by atomic mass is 19.4. The van der Waals surface area contributed by atoms with E-state index in [1.807, 2.05) is 13.8 Å². The van der Waals surface area contributed by atoms with Crippen molar-refractivity contribution in [2.24, 2.45) is 5.73 Å². The number of carboxylic acid groups (broad SMARTS) is 1. The van der Waals surface area contributed by atoms with Crippen LogP contribution in [0.15, 0.2) is 11.6 Å². The summed E-state index contributed by atoms with van der Waals surface area (Å²) in [4.78, 5) is 22.8. The molecular formula is C15H23F3N2O4. The Morgan fingerprint density at radius 3 is 2.46 bits per heavy atom. The summed E-state index contributed by atoms with van der Waals surface area (Å²) in [7, 11) is 0. The zero-order valence-electron chi connectivity index (χ0n) is 13.6. The molecule has 9 heteroatoms. The molecule has 0 aromatic carbocycles. The molecule has 138 valence electrons. The molecule has 1 aliphatic carbocycles. The van der Waals surface area contributed by atoms with E-state index in [4.69, 9.17) is 15.6 Å². The van der Waals surface area contributed by atoms with Crippen LogP contribution in [0.4, 0.5) is 13.2 Å². The van der Waals surface area contributed by atoms with Gasteiger partial charge < -0.3 is 20.9 Å². The number of amides is 1. The molecule has 3 atom stereocenters. The van der Waals surface area contributed by atoms with E-state index in [0.717, 1.165) is 0 Å².